The van der Waals surface area contributed by atoms with Gasteiger partial charge in [-0.05, 0) is 64.3 Å². The summed E-state index contributed by atoms with van der Waals surface area (Å²) >= 11 is 2.17. The molecule has 0 aliphatic carbocycles. The maximum atomic E-state index is 3.83. The third-order valence-corrected chi connectivity index (χ3v) is 6.33. The van der Waals surface area contributed by atoms with Gasteiger partial charge in [0.2, 0.25) is 0 Å². The Hall–Kier alpha value is 0.270. The Morgan fingerprint density at radius 3 is 2.94 bits per heavy atom. The number of hydrogen-bond donors (Lipinski definition) is 1. The van der Waals surface area contributed by atoms with Crippen LogP contribution in [-0.2, 0) is 0 Å². The molecule has 0 saturated carbocycles. The standard InChI is InChI=1S/C15H30N2S/c1-4-17-9-5-7-14(11-17)13(2)16-12-15(3)8-6-10-18-15/h13-14,16H,4-12H2,1-3H3. The van der Waals surface area contributed by atoms with Gasteiger partial charge in [-0.3, -0.25) is 0 Å². The first-order chi connectivity index (χ1) is 8.63. The summed E-state index contributed by atoms with van der Waals surface area (Å²) in [6.07, 6.45) is 5.60. The van der Waals surface area contributed by atoms with Crippen molar-refractivity contribution in [3.63, 3.8) is 0 Å². The van der Waals surface area contributed by atoms with E-state index in [1.165, 1.54) is 57.6 Å². The van der Waals surface area contributed by atoms with E-state index in [0.717, 1.165) is 5.92 Å². The monoisotopic (exact) mass is 270 g/mol. The van der Waals surface area contributed by atoms with Crippen LogP contribution >= 0.6 is 11.8 Å². The molecule has 0 aromatic carbocycles. The molecule has 0 bridgehead atoms. The van der Waals surface area contributed by atoms with E-state index in [2.05, 4.69) is 42.7 Å². The molecular formula is C15H30N2S. The Morgan fingerprint density at radius 2 is 2.28 bits per heavy atom. The van der Waals surface area contributed by atoms with Gasteiger partial charge in [-0.25, -0.2) is 0 Å². The van der Waals surface area contributed by atoms with E-state index < -0.39 is 0 Å². The molecule has 3 unspecified atom stereocenters. The zero-order valence-corrected chi connectivity index (χ0v) is 13.2. The number of rotatable bonds is 5. The minimum atomic E-state index is 0.507. The molecule has 2 aliphatic heterocycles. The van der Waals surface area contributed by atoms with E-state index in [1.54, 1.807) is 0 Å². The molecule has 2 heterocycles. The van der Waals surface area contributed by atoms with Crippen LogP contribution in [-0.4, -0.2) is 47.6 Å². The predicted octanol–water partition coefficient (Wildman–Crippen LogP) is 2.98. The van der Waals surface area contributed by atoms with E-state index in [4.69, 9.17) is 0 Å². The Balaban J connectivity index is 1.75. The lowest BCUT2D eigenvalue weighted by atomic mass is 9.91. The maximum absolute atomic E-state index is 3.83. The fraction of sp³-hybridized carbons (Fsp3) is 1.00. The van der Waals surface area contributed by atoms with Crippen LogP contribution in [0.4, 0.5) is 0 Å². The number of thioether (sulfide) groups is 1. The summed E-state index contributed by atoms with van der Waals surface area (Å²) in [5.41, 5.74) is 0. The molecule has 2 nitrogen and oxygen atoms in total. The number of likely N-dealkylation sites (tertiary alicyclic amines) is 1. The van der Waals surface area contributed by atoms with Gasteiger partial charge in [0.1, 0.15) is 0 Å². The average Bonchev–Trinajstić information content (AvgIpc) is 2.83. The first-order valence-corrected chi connectivity index (χ1v) is 8.71. The van der Waals surface area contributed by atoms with Crippen LogP contribution in [0.5, 0.6) is 0 Å². The molecule has 0 aromatic heterocycles. The largest absolute Gasteiger partial charge is 0.313 e. The van der Waals surface area contributed by atoms with E-state index in [-0.39, 0.29) is 0 Å². The number of nitrogens with zero attached hydrogens (tertiary/aromatic N) is 1. The van der Waals surface area contributed by atoms with Crippen LogP contribution in [0, 0.1) is 5.92 Å². The fourth-order valence-electron chi connectivity index (χ4n) is 3.31. The Bertz CT molecular complexity index is 251. The van der Waals surface area contributed by atoms with Crippen molar-refractivity contribution in [2.45, 2.75) is 57.2 Å². The third-order valence-electron chi connectivity index (χ3n) is 4.79. The minimum Gasteiger partial charge on any atom is -0.313 e. The first kappa shape index (κ1) is 14.7. The van der Waals surface area contributed by atoms with Gasteiger partial charge >= 0.3 is 0 Å². The predicted molar refractivity (Wildman–Crippen MR) is 82.4 cm³/mol. The molecule has 2 fully saturated rings. The summed E-state index contributed by atoms with van der Waals surface area (Å²) in [5, 5.41) is 3.83. The second kappa shape index (κ2) is 6.62. The highest BCUT2D eigenvalue weighted by Crippen LogP contribution is 2.37. The van der Waals surface area contributed by atoms with Gasteiger partial charge in [0.15, 0.2) is 0 Å². The maximum Gasteiger partial charge on any atom is 0.0256 e. The molecule has 2 saturated heterocycles. The molecule has 18 heavy (non-hydrogen) atoms. The highest BCUT2D eigenvalue weighted by atomic mass is 32.2. The molecule has 2 rings (SSSR count). The SMILES string of the molecule is CCN1CCCC(C(C)NCC2(C)CCCS2)C1. The molecule has 106 valence electrons. The van der Waals surface area contributed by atoms with Crippen LogP contribution in [0.15, 0.2) is 0 Å². The summed E-state index contributed by atoms with van der Waals surface area (Å²) in [4.78, 5) is 2.61. The number of piperidine rings is 1. The average molecular weight is 270 g/mol. The van der Waals surface area contributed by atoms with Crippen molar-refractivity contribution < 1.29 is 0 Å². The molecule has 1 N–H and O–H groups in total. The van der Waals surface area contributed by atoms with E-state index in [0.29, 0.717) is 10.8 Å². The van der Waals surface area contributed by atoms with Gasteiger partial charge in [-0.2, -0.15) is 11.8 Å². The van der Waals surface area contributed by atoms with Crippen LogP contribution < -0.4 is 5.32 Å². The third kappa shape index (κ3) is 3.88. The topological polar surface area (TPSA) is 15.3 Å². The van der Waals surface area contributed by atoms with Crippen LogP contribution in [0.1, 0.15) is 46.5 Å². The lowest BCUT2D eigenvalue weighted by molar-refractivity contribution is 0.156. The van der Waals surface area contributed by atoms with Gasteiger partial charge in [-0.15, -0.1) is 0 Å². The second-order valence-electron chi connectivity index (χ2n) is 6.37. The normalized spacial score (nSPS) is 35.8. The Kier molecular flexibility index (Phi) is 5.40. The zero-order valence-electron chi connectivity index (χ0n) is 12.4. The summed E-state index contributed by atoms with van der Waals surface area (Å²) < 4.78 is 0.507. The van der Waals surface area contributed by atoms with Crippen molar-refractivity contribution in [2.75, 3.05) is 31.9 Å². The molecular weight excluding hydrogens is 240 g/mol. The van der Waals surface area contributed by atoms with Gasteiger partial charge in [0.05, 0.1) is 0 Å². The smallest absolute Gasteiger partial charge is 0.0256 e. The fourth-order valence-corrected chi connectivity index (χ4v) is 4.56. The van der Waals surface area contributed by atoms with Crippen molar-refractivity contribution in [1.82, 2.24) is 10.2 Å². The minimum absolute atomic E-state index is 0.507. The highest BCUT2D eigenvalue weighted by Gasteiger charge is 2.31. The summed E-state index contributed by atoms with van der Waals surface area (Å²) in [7, 11) is 0. The van der Waals surface area contributed by atoms with Crippen molar-refractivity contribution in [3.8, 4) is 0 Å². The molecule has 3 atom stereocenters. The number of nitrogens with one attached hydrogen (secondary N) is 1. The Labute approximate surface area is 117 Å². The van der Waals surface area contributed by atoms with E-state index in [9.17, 15) is 0 Å². The van der Waals surface area contributed by atoms with Gasteiger partial charge < -0.3 is 10.2 Å². The van der Waals surface area contributed by atoms with Crippen molar-refractivity contribution in [3.05, 3.63) is 0 Å². The van der Waals surface area contributed by atoms with Gasteiger partial charge in [-0.1, -0.05) is 6.92 Å². The van der Waals surface area contributed by atoms with Crippen molar-refractivity contribution >= 4 is 11.8 Å². The van der Waals surface area contributed by atoms with Crippen LogP contribution in [0.2, 0.25) is 0 Å². The summed E-state index contributed by atoms with van der Waals surface area (Å²) in [5.74, 6) is 2.22. The van der Waals surface area contributed by atoms with Crippen LogP contribution in [0.3, 0.4) is 0 Å². The van der Waals surface area contributed by atoms with Gasteiger partial charge in [0.25, 0.3) is 0 Å². The first-order valence-electron chi connectivity index (χ1n) is 7.73. The van der Waals surface area contributed by atoms with Crippen molar-refractivity contribution in [2.24, 2.45) is 5.92 Å². The molecule has 3 heteroatoms. The lowest BCUT2D eigenvalue weighted by Crippen LogP contribution is -2.47. The van der Waals surface area contributed by atoms with E-state index in [1.807, 2.05) is 0 Å². The molecule has 2 aliphatic rings. The molecule has 0 aromatic rings. The van der Waals surface area contributed by atoms with Crippen molar-refractivity contribution in [1.29, 1.82) is 0 Å². The second-order valence-corrected chi connectivity index (χ2v) is 8.05. The molecule has 0 radical (unpaired) electrons. The highest BCUT2D eigenvalue weighted by molar-refractivity contribution is 8.00. The Morgan fingerprint density at radius 1 is 1.44 bits per heavy atom. The van der Waals surface area contributed by atoms with Crippen LogP contribution in [0.25, 0.3) is 0 Å². The summed E-state index contributed by atoms with van der Waals surface area (Å²) in [6, 6.07) is 0.678. The quantitative estimate of drug-likeness (QED) is 0.827. The van der Waals surface area contributed by atoms with E-state index >= 15 is 0 Å². The van der Waals surface area contributed by atoms with Gasteiger partial charge in [0, 0.05) is 23.9 Å². The zero-order chi connectivity index (χ0) is 13.0. The molecule has 0 spiro atoms. The lowest BCUT2D eigenvalue weighted by Gasteiger charge is -2.36. The summed E-state index contributed by atoms with van der Waals surface area (Å²) in [6.45, 7) is 12.1. The number of hydrogen-bond acceptors (Lipinski definition) is 3. The molecule has 0 amide bonds.